The summed E-state index contributed by atoms with van der Waals surface area (Å²) in [6.45, 7) is 11.2. The summed E-state index contributed by atoms with van der Waals surface area (Å²) in [5.41, 5.74) is 2.13. The number of amides is 2. The molecule has 3 aromatic heterocycles. The van der Waals surface area contributed by atoms with Gasteiger partial charge in [0.2, 0.25) is 5.78 Å². The van der Waals surface area contributed by atoms with Crippen molar-refractivity contribution in [2.45, 2.75) is 32.6 Å². The molecule has 1 saturated heterocycles. The Hall–Kier alpha value is -3.96. The molecule has 1 aromatic carbocycles. The van der Waals surface area contributed by atoms with E-state index in [2.05, 4.69) is 30.7 Å². The van der Waals surface area contributed by atoms with E-state index in [1.54, 1.807) is 12.3 Å². The molecule has 11 heteroatoms. The zero-order valence-electron chi connectivity index (χ0n) is 21.9. The van der Waals surface area contributed by atoms with Crippen molar-refractivity contribution in [2.75, 3.05) is 50.1 Å². The summed E-state index contributed by atoms with van der Waals surface area (Å²) >= 11 is 0. The quantitative estimate of drug-likeness (QED) is 0.328. The third-order valence-corrected chi connectivity index (χ3v) is 6.21. The van der Waals surface area contributed by atoms with Crippen LogP contribution in [0.4, 0.5) is 16.3 Å². The number of hydrogen-bond donors (Lipinski definition) is 2. The molecule has 38 heavy (non-hydrogen) atoms. The first-order valence-corrected chi connectivity index (χ1v) is 12.8. The maximum absolute atomic E-state index is 12.4. The summed E-state index contributed by atoms with van der Waals surface area (Å²) in [6, 6.07) is 8.75. The number of morpholine rings is 1. The Kier molecular flexibility index (Phi) is 7.57. The fourth-order valence-electron chi connectivity index (χ4n) is 4.07. The van der Waals surface area contributed by atoms with Crippen LogP contribution in [0.5, 0.6) is 5.75 Å². The molecule has 0 aliphatic carbocycles. The van der Waals surface area contributed by atoms with Crippen molar-refractivity contribution in [2.24, 2.45) is 0 Å². The highest BCUT2D eigenvalue weighted by molar-refractivity contribution is 5.99. The van der Waals surface area contributed by atoms with Gasteiger partial charge in [0, 0.05) is 48.6 Å². The highest BCUT2D eigenvalue weighted by atomic mass is 16.5. The Labute approximate surface area is 221 Å². The number of carbonyl (C=O) groups excluding carboxylic acids is 1. The molecule has 2 amide bonds. The number of aromatic nitrogens is 4. The van der Waals surface area contributed by atoms with E-state index in [-0.39, 0.29) is 5.41 Å². The summed E-state index contributed by atoms with van der Waals surface area (Å²) in [6.07, 6.45) is 6.45. The van der Waals surface area contributed by atoms with Crippen molar-refractivity contribution in [3.8, 4) is 17.0 Å². The van der Waals surface area contributed by atoms with E-state index in [1.165, 1.54) is 0 Å². The lowest BCUT2D eigenvalue weighted by Crippen LogP contribution is -2.37. The predicted molar refractivity (Wildman–Crippen MR) is 144 cm³/mol. The summed E-state index contributed by atoms with van der Waals surface area (Å²) in [5.74, 6) is 2.35. The average Bonchev–Trinajstić information content (AvgIpc) is 3.55. The fourth-order valence-corrected chi connectivity index (χ4v) is 4.07. The van der Waals surface area contributed by atoms with Crippen LogP contribution in [0.25, 0.3) is 17.0 Å². The number of ether oxygens (including phenoxy) is 2. The Bertz CT molecular complexity index is 1370. The fraction of sp³-hybridized carbons (Fsp3) is 0.407. The number of benzene rings is 1. The van der Waals surface area contributed by atoms with Crippen molar-refractivity contribution >= 4 is 23.3 Å². The molecule has 200 valence electrons. The molecule has 0 spiro atoms. The molecule has 4 aromatic rings. The van der Waals surface area contributed by atoms with Crippen LogP contribution in [0.3, 0.4) is 0 Å². The molecule has 0 unspecified atom stereocenters. The second kappa shape index (κ2) is 11.2. The van der Waals surface area contributed by atoms with E-state index >= 15 is 0 Å². The molecule has 1 aliphatic heterocycles. The second-order valence-corrected chi connectivity index (χ2v) is 10.3. The first-order valence-electron chi connectivity index (χ1n) is 12.8. The van der Waals surface area contributed by atoms with Crippen molar-refractivity contribution < 1.29 is 18.8 Å². The number of rotatable bonds is 8. The van der Waals surface area contributed by atoms with Crippen molar-refractivity contribution in [3.63, 3.8) is 0 Å². The molecule has 11 nitrogen and oxygen atoms in total. The maximum atomic E-state index is 12.4. The summed E-state index contributed by atoms with van der Waals surface area (Å²) in [5, 5.41) is 9.40. The number of imidazole rings is 1. The monoisotopic (exact) mass is 519 g/mol. The van der Waals surface area contributed by atoms with Gasteiger partial charge >= 0.3 is 6.03 Å². The van der Waals surface area contributed by atoms with Crippen LogP contribution in [0.2, 0.25) is 0 Å². The molecule has 2 N–H and O–H groups in total. The van der Waals surface area contributed by atoms with Gasteiger partial charge in [-0.15, -0.1) is 0 Å². The van der Waals surface area contributed by atoms with Crippen LogP contribution in [-0.4, -0.2) is 69.9 Å². The predicted octanol–water partition coefficient (Wildman–Crippen LogP) is 4.43. The number of hydrogen-bond acceptors (Lipinski definition) is 8. The molecule has 1 aliphatic rings. The van der Waals surface area contributed by atoms with Gasteiger partial charge < -0.3 is 19.3 Å². The van der Waals surface area contributed by atoms with Crippen LogP contribution >= 0.6 is 0 Å². The van der Waals surface area contributed by atoms with E-state index in [4.69, 9.17) is 14.0 Å². The average molecular weight is 520 g/mol. The number of anilines is 2. The van der Waals surface area contributed by atoms with Crippen LogP contribution in [0.15, 0.2) is 53.4 Å². The van der Waals surface area contributed by atoms with E-state index < -0.39 is 6.03 Å². The zero-order valence-corrected chi connectivity index (χ0v) is 21.9. The van der Waals surface area contributed by atoms with E-state index in [9.17, 15) is 4.79 Å². The van der Waals surface area contributed by atoms with Crippen LogP contribution in [-0.2, 0) is 10.2 Å². The van der Waals surface area contributed by atoms with E-state index in [0.29, 0.717) is 35.4 Å². The maximum Gasteiger partial charge on any atom is 0.324 e. The van der Waals surface area contributed by atoms with E-state index in [0.717, 1.165) is 50.5 Å². The van der Waals surface area contributed by atoms with Crippen LogP contribution < -0.4 is 15.4 Å². The Morgan fingerprint density at radius 3 is 2.63 bits per heavy atom. The molecule has 0 bridgehead atoms. The molecule has 0 saturated carbocycles. The lowest BCUT2D eigenvalue weighted by Gasteiger charge is -2.26. The zero-order chi connectivity index (χ0) is 26.5. The van der Waals surface area contributed by atoms with Crippen molar-refractivity contribution in [1.29, 1.82) is 0 Å². The second-order valence-electron chi connectivity index (χ2n) is 10.3. The van der Waals surface area contributed by atoms with Gasteiger partial charge in [0.15, 0.2) is 11.6 Å². The minimum atomic E-state index is -0.402. The van der Waals surface area contributed by atoms with Crippen molar-refractivity contribution in [3.05, 3.63) is 54.7 Å². The smallest absolute Gasteiger partial charge is 0.324 e. The highest BCUT2D eigenvalue weighted by Crippen LogP contribution is 2.25. The number of nitrogens with one attached hydrogen (secondary N) is 2. The number of fused-ring (bicyclic) bond motifs is 1. The van der Waals surface area contributed by atoms with E-state index in [1.807, 2.05) is 61.8 Å². The first kappa shape index (κ1) is 25.7. The molecule has 4 heterocycles. The van der Waals surface area contributed by atoms with Crippen molar-refractivity contribution in [1.82, 2.24) is 24.4 Å². The molecular weight excluding hydrogens is 486 g/mol. The lowest BCUT2D eigenvalue weighted by molar-refractivity contribution is 0.0358. The first-order chi connectivity index (χ1) is 18.3. The number of nitrogens with zero attached hydrogens (tertiary/aromatic N) is 5. The minimum absolute atomic E-state index is 0.190. The number of urea groups is 1. The topological polar surface area (TPSA) is 119 Å². The SMILES string of the molecule is CC(C)(C)c1cc(NC(=O)Nc2ccc(-c3cn4cc(OCCCN5CCOCC5)cnc4n3)cc2)no1. The van der Waals surface area contributed by atoms with Crippen LogP contribution in [0, 0.1) is 0 Å². The Balaban J connectivity index is 1.15. The van der Waals surface area contributed by atoms with Gasteiger partial charge in [-0.2, -0.15) is 0 Å². The lowest BCUT2D eigenvalue weighted by atomic mass is 9.93. The largest absolute Gasteiger partial charge is 0.490 e. The Morgan fingerprint density at radius 1 is 1.11 bits per heavy atom. The highest BCUT2D eigenvalue weighted by Gasteiger charge is 2.20. The summed E-state index contributed by atoms with van der Waals surface area (Å²) in [4.78, 5) is 23.8. The molecule has 5 rings (SSSR count). The standard InChI is InChI=1S/C27H33N7O4/c1-27(2,3)23-15-24(32-38-23)31-26(35)29-20-7-5-19(6-8-20)22-18-34-17-21(16-28-25(34)30-22)37-12-4-9-33-10-13-36-14-11-33/h5-8,15-18H,4,9-14H2,1-3H3,(H2,29,31,32,35). The van der Waals surface area contributed by atoms with Crippen LogP contribution in [0.1, 0.15) is 33.0 Å². The summed E-state index contributed by atoms with van der Waals surface area (Å²) in [7, 11) is 0. The molecule has 0 atom stereocenters. The normalized spacial score (nSPS) is 14.5. The van der Waals surface area contributed by atoms with Gasteiger partial charge in [-0.05, 0) is 18.6 Å². The number of carbonyl (C=O) groups is 1. The van der Waals surface area contributed by atoms with Gasteiger partial charge in [0.05, 0.1) is 37.9 Å². The van der Waals surface area contributed by atoms with Gasteiger partial charge in [-0.25, -0.2) is 14.8 Å². The third kappa shape index (κ3) is 6.48. The van der Waals surface area contributed by atoms with Gasteiger partial charge in [0.25, 0.3) is 0 Å². The van der Waals surface area contributed by atoms with Gasteiger partial charge in [-0.3, -0.25) is 14.6 Å². The minimum Gasteiger partial charge on any atom is -0.490 e. The van der Waals surface area contributed by atoms with Gasteiger partial charge in [-0.1, -0.05) is 38.1 Å². The van der Waals surface area contributed by atoms with Gasteiger partial charge in [0.1, 0.15) is 5.76 Å². The molecule has 1 fully saturated rings. The third-order valence-electron chi connectivity index (χ3n) is 6.21. The Morgan fingerprint density at radius 2 is 1.89 bits per heavy atom. The molecule has 0 radical (unpaired) electrons. The molecular formula is C27H33N7O4. The summed E-state index contributed by atoms with van der Waals surface area (Å²) < 4.78 is 18.5.